The number of nitrogens with one attached hydrogen (secondary N) is 1. The average molecular weight is 276 g/mol. The lowest BCUT2D eigenvalue weighted by molar-refractivity contribution is 0.0698. The van der Waals surface area contributed by atoms with Crippen LogP contribution in [0.5, 0.6) is 0 Å². The Bertz CT molecular complexity index is 593. The Morgan fingerprint density at radius 1 is 1.42 bits per heavy atom. The number of benzene rings is 1. The lowest BCUT2D eigenvalue weighted by atomic mass is 10.1. The van der Waals surface area contributed by atoms with E-state index in [2.05, 4.69) is 18.3 Å². The summed E-state index contributed by atoms with van der Waals surface area (Å²) in [6.07, 6.45) is 0.975. The molecule has 1 heterocycles. The summed E-state index contributed by atoms with van der Waals surface area (Å²) < 4.78 is 0. The third kappa shape index (κ3) is 3.06. The number of carboxylic acids is 1. The van der Waals surface area contributed by atoms with Gasteiger partial charge >= 0.3 is 5.97 Å². The molecule has 0 fully saturated rings. The van der Waals surface area contributed by atoms with Gasteiger partial charge in [0.15, 0.2) is 0 Å². The van der Waals surface area contributed by atoms with Crippen molar-refractivity contribution >= 4 is 28.7 Å². The topological polar surface area (TPSA) is 75.3 Å². The molecular weight excluding hydrogens is 260 g/mol. The zero-order valence-corrected chi connectivity index (χ0v) is 11.5. The Hall–Kier alpha value is -2.01. The fourth-order valence-electron chi connectivity index (χ4n) is 1.91. The number of carbonyl (C=O) groups is 1. The van der Waals surface area contributed by atoms with Gasteiger partial charge < -0.3 is 16.2 Å². The first-order valence-electron chi connectivity index (χ1n) is 6.03. The van der Waals surface area contributed by atoms with Crippen molar-refractivity contribution in [3.63, 3.8) is 0 Å². The van der Waals surface area contributed by atoms with Gasteiger partial charge in [0.25, 0.3) is 0 Å². The van der Waals surface area contributed by atoms with Crippen molar-refractivity contribution in [1.29, 1.82) is 0 Å². The van der Waals surface area contributed by atoms with Gasteiger partial charge in [0.2, 0.25) is 0 Å². The fraction of sp³-hybridized carbons (Fsp3) is 0.214. The molecule has 5 heteroatoms. The predicted octanol–water partition coefficient (Wildman–Crippen LogP) is 3.20. The Labute approximate surface area is 115 Å². The van der Waals surface area contributed by atoms with E-state index in [1.54, 1.807) is 23.5 Å². The van der Waals surface area contributed by atoms with Crippen molar-refractivity contribution in [2.45, 2.75) is 19.9 Å². The highest BCUT2D eigenvalue weighted by Crippen LogP contribution is 2.23. The number of nitrogen functional groups attached to an aromatic ring is 1. The lowest BCUT2D eigenvalue weighted by Crippen LogP contribution is -2.07. The van der Waals surface area contributed by atoms with Gasteiger partial charge in [-0.1, -0.05) is 6.92 Å². The van der Waals surface area contributed by atoms with Crippen LogP contribution in [0.25, 0.3) is 0 Å². The van der Waals surface area contributed by atoms with Crippen LogP contribution >= 0.6 is 11.3 Å². The number of hydrogen-bond acceptors (Lipinski definition) is 4. The molecule has 0 amide bonds. The normalized spacial score (nSPS) is 10.4. The number of aromatic carboxylic acids is 1. The summed E-state index contributed by atoms with van der Waals surface area (Å²) in [6, 6.07) is 6.87. The molecule has 0 bridgehead atoms. The highest BCUT2D eigenvalue weighted by molar-refractivity contribution is 7.10. The minimum Gasteiger partial charge on any atom is -0.478 e. The van der Waals surface area contributed by atoms with Crippen LogP contribution in [0.2, 0.25) is 0 Å². The molecule has 0 aliphatic heterocycles. The molecule has 0 saturated carbocycles. The molecule has 0 atom stereocenters. The Balaban J connectivity index is 2.19. The number of nitrogens with two attached hydrogens (primary N) is 1. The summed E-state index contributed by atoms with van der Waals surface area (Å²) in [7, 11) is 0. The van der Waals surface area contributed by atoms with Gasteiger partial charge in [-0.05, 0) is 41.6 Å². The maximum absolute atomic E-state index is 11.1. The van der Waals surface area contributed by atoms with E-state index in [-0.39, 0.29) is 5.56 Å². The second-order valence-corrected chi connectivity index (χ2v) is 5.19. The standard InChI is InChI=1S/C14H16N2O2S/c1-2-9-5-6-19-13(9)8-16-12-7-10(15)3-4-11(12)14(17)18/h3-7,16H,2,8,15H2,1H3,(H,17,18). The summed E-state index contributed by atoms with van der Waals surface area (Å²) in [5, 5.41) is 14.3. The molecule has 0 aliphatic rings. The first-order valence-corrected chi connectivity index (χ1v) is 6.91. The molecule has 0 spiro atoms. The van der Waals surface area contributed by atoms with Crippen LogP contribution in [-0.4, -0.2) is 11.1 Å². The molecule has 4 N–H and O–H groups in total. The minimum absolute atomic E-state index is 0.240. The van der Waals surface area contributed by atoms with E-state index < -0.39 is 5.97 Å². The van der Waals surface area contributed by atoms with E-state index >= 15 is 0 Å². The third-order valence-corrected chi connectivity index (χ3v) is 3.90. The van der Waals surface area contributed by atoms with Crippen molar-refractivity contribution in [3.8, 4) is 0 Å². The van der Waals surface area contributed by atoms with Gasteiger partial charge in [-0.25, -0.2) is 4.79 Å². The predicted molar refractivity (Wildman–Crippen MR) is 78.8 cm³/mol. The molecule has 1 aromatic heterocycles. The largest absolute Gasteiger partial charge is 0.478 e. The van der Waals surface area contributed by atoms with Gasteiger partial charge in [-0.2, -0.15) is 0 Å². The van der Waals surface area contributed by atoms with Crippen molar-refractivity contribution in [1.82, 2.24) is 0 Å². The highest BCUT2D eigenvalue weighted by atomic mass is 32.1. The number of rotatable bonds is 5. The van der Waals surface area contributed by atoms with Crippen LogP contribution < -0.4 is 11.1 Å². The molecule has 2 rings (SSSR count). The zero-order valence-electron chi connectivity index (χ0n) is 10.6. The monoisotopic (exact) mass is 276 g/mol. The second kappa shape index (κ2) is 5.75. The van der Waals surface area contributed by atoms with Crippen LogP contribution in [0.15, 0.2) is 29.6 Å². The van der Waals surface area contributed by atoms with E-state index in [1.807, 2.05) is 5.38 Å². The Morgan fingerprint density at radius 2 is 2.21 bits per heavy atom. The summed E-state index contributed by atoms with van der Waals surface area (Å²) in [6.45, 7) is 2.72. The van der Waals surface area contributed by atoms with Crippen LogP contribution in [0.1, 0.15) is 27.7 Å². The SMILES string of the molecule is CCc1ccsc1CNc1cc(N)ccc1C(=O)O. The number of hydrogen-bond donors (Lipinski definition) is 3. The number of thiophene rings is 1. The van der Waals surface area contributed by atoms with Crippen LogP contribution in [0.4, 0.5) is 11.4 Å². The number of anilines is 2. The van der Waals surface area contributed by atoms with Gasteiger partial charge in [0.05, 0.1) is 11.3 Å². The minimum atomic E-state index is -0.954. The number of aryl methyl sites for hydroxylation is 1. The molecule has 19 heavy (non-hydrogen) atoms. The van der Waals surface area contributed by atoms with Crippen molar-refractivity contribution < 1.29 is 9.90 Å². The highest BCUT2D eigenvalue weighted by Gasteiger charge is 2.11. The Morgan fingerprint density at radius 3 is 2.89 bits per heavy atom. The summed E-state index contributed by atoms with van der Waals surface area (Å²) in [5.74, 6) is -0.954. The summed E-state index contributed by atoms with van der Waals surface area (Å²) in [5.41, 5.74) is 8.34. The van der Waals surface area contributed by atoms with E-state index in [9.17, 15) is 4.79 Å². The maximum Gasteiger partial charge on any atom is 0.337 e. The van der Waals surface area contributed by atoms with Crippen LogP contribution in [0, 0.1) is 0 Å². The van der Waals surface area contributed by atoms with Crippen LogP contribution in [-0.2, 0) is 13.0 Å². The molecule has 0 unspecified atom stereocenters. The van der Waals surface area contributed by atoms with Crippen LogP contribution in [0.3, 0.4) is 0 Å². The maximum atomic E-state index is 11.1. The number of carboxylic acid groups (broad SMARTS) is 1. The summed E-state index contributed by atoms with van der Waals surface area (Å²) in [4.78, 5) is 12.4. The lowest BCUT2D eigenvalue weighted by Gasteiger charge is -2.10. The van der Waals surface area contributed by atoms with E-state index in [4.69, 9.17) is 10.8 Å². The molecule has 100 valence electrons. The molecular formula is C14H16N2O2S. The quantitative estimate of drug-likeness (QED) is 0.733. The fourth-order valence-corrected chi connectivity index (χ4v) is 2.82. The van der Waals surface area contributed by atoms with E-state index in [0.29, 0.717) is 17.9 Å². The van der Waals surface area contributed by atoms with Gasteiger partial charge in [-0.15, -0.1) is 11.3 Å². The molecule has 1 aromatic carbocycles. The second-order valence-electron chi connectivity index (χ2n) is 4.19. The molecule has 2 aromatic rings. The first kappa shape index (κ1) is 13.4. The zero-order chi connectivity index (χ0) is 13.8. The van der Waals surface area contributed by atoms with E-state index in [0.717, 1.165) is 6.42 Å². The van der Waals surface area contributed by atoms with Gasteiger partial charge in [-0.3, -0.25) is 0 Å². The average Bonchev–Trinajstić information content (AvgIpc) is 2.83. The van der Waals surface area contributed by atoms with Crippen molar-refractivity contribution in [2.24, 2.45) is 0 Å². The van der Waals surface area contributed by atoms with Crippen molar-refractivity contribution in [3.05, 3.63) is 45.6 Å². The molecule has 0 saturated heterocycles. The molecule has 4 nitrogen and oxygen atoms in total. The smallest absolute Gasteiger partial charge is 0.337 e. The summed E-state index contributed by atoms with van der Waals surface area (Å²) >= 11 is 1.67. The van der Waals surface area contributed by atoms with Gasteiger partial charge in [0.1, 0.15) is 0 Å². The molecule has 0 radical (unpaired) electrons. The van der Waals surface area contributed by atoms with Crippen molar-refractivity contribution in [2.75, 3.05) is 11.1 Å². The Kier molecular flexibility index (Phi) is 4.06. The van der Waals surface area contributed by atoms with E-state index in [1.165, 1.54) is 16.5 Å². The first-order chi connectivity index (χ1) is 9.11. The van der Waals surface area contributed by atoms with Gasteiger partial charge in [0, 0.05) is 17.1 Å². The third-order valence-electron chi connectivity index (χ3n) is 2.93. The molecule has 0 aliphatic carbocycles.